The fraction of sp³-hybridized carbons (Fsp3) is 0.278. The van der Waals surface area contributed by atoms with Crippen molar-refractivity contribution in [3.05, 3.63) is 53.9 Å². The van der Waals surface area contributed by atoms with Crippen LogP contribution in [0, 0.1) is 6.92 Å². The molecule has 3 aromatic rings. The van der Waals surface area contributed by atoms with Gasteiger partial charge in [-0.2, -0.15) is 5.10 Å². The number of carbonyl (C=O) groups excluding carboxylic acids is 1. The van der Waals surface area contributed by atoms with E-state index in [4.69, 9.17) is 0 Å². The molecule has 1 aromatic carbocycles. The first-order valence-corrected chi connectivity index (χ1v) is 7.58. The van der Waals surface area contributed by atoms with Crippen LogP contribution in [0.3, 0.4) is 0 Å². The molecule has 0 aliphatic carbocycles. The zero-order valence-corrected chi connectivity index (χ0v) is 13.8. The van der Waals surface area contributed by atoms with Crippen LogP contribution in [0.1, 0.15) is 36.8 Å². The number of nitrogens with zero attached hydrogens (tertiary/aromatic N) is 3. The largest absolute Gasteiger partial charge is 0.347 e. The predicted octanol–water partition coefficient (Wildman–Crippen LogP) is 3.26. The van der Waals surface area contributed by atoms with Gasteiger partial charge in [0, 0.05) is 10.9 Å². The Kier molecular flexibility index (Phi) is 3.64. The summed E-state index contributed by atoms with van der Waals surface area (Å²) in [6, 6.07) is 11.8. The highest BCUT2D eigenvalue weighted by atomic mass is 16.1. The second-order valence-corrected chi connectivity index (χ2v) is 6.62. The zero-order valence-electron chi connectivity index (χ0n) is 13.8. The Balaban J connectivity index is 1.99. The van der Waals surface area contributed by atoms with Crippen molar-refractivity contribution in [2.45, 2.75) is 33.2 Å². The van der Waals surface area contributed by atoms with Gasteiger partial charge in [-0.1, -0.05) is 18.2 Å². The van der Waals surface area contributed by atoms with Crippen molar-refractivity contribution < 1.29 is 4.79 Å². The Labute approximate surface area is 135 Å². The van der Waals surface area contributed by atoms with E-state index in [0.717, 1.165) is 16.6 Å². The molecule has 2 heterocycles. The molecule has 118 valence electrons. The number of nitrogens with one attached hydrogen (secondary N) is 1. The molecule has 0 spiro atoms. The zero-order chi connectivity index (χ0) is 16.6. The lowest BCUT2D eigenvalue weighted by Gasteiger charge is -2.20. The highest BCUT2D eigenvalue weighted by Gasteiger charge is 2.20. The number of aromatic nitrogens is 3. The van der Waals surface area contributed by atoms with Crippen molar-refractivity contribution in [1.82, 2.24) is 20.1 Å². The molecule has 0 bridgehead atoms. The van der Waals surface area contributed by atoms with E-state index < -0.39 is 0 Å². The summed E-state index contributed by atoms with van der Waals surface area (Å²) in [7, 11) is 0. The molecule has 23 heavy (non-hydrogen) atoms. The highest BCUT2D eigenvalue weighted by molar-refractivity contribution is 5.95. The number of para-hydroxylation sites is 1. The van der Waals surface area contributed by atoms with Crippen LogP contribution in [0.5, 0.6) is 0 Å². The van der Waals surface area contributed by atoms with Crippen LogP contribution in [-0.2, 0) is 0 Å². The van der Waals surface area contributed by atoms with Gasteiger partial charge in [0.25, 0.3) is 5.91 Å². The highest BCUT2D eigenvalue weighted by Crippen LogP contribution is 2.17. The third-order valence-corrected chi connectivity index (χ3v) is 3.54. The molecule has 1 amide bonds. The van der Waals surface area contributed by atoms with Gasteiger partial charge in [-0.05, 0) is 45.9 Å². The average molecular weight is 308 g/mol. The van der Waals surface area contributed by atoms with Crippen LogP contribution in [-0.4, -0.2) is 26.2 Å². The van der Waals surface area contributed by atoms with Crippen molar-refractivity contribution in [2.75, 3.05) is 0 Å². The van der Waals surface area contributed by atoms with E-state index in [-0.39, 0.29) is 11.4 Å². The molecule has 1 N–H and O–H groups in total. The van der Waals surface area contributed by atoms with Gasteiger partial charge < -0.3 is 5.32 Å². The number of fused-ring (bicyclic) bond motifs is 1. The molecule has 0 unspecified atom stereocenters. The van der Waals surface area contributed by atoms with Crippen LogP contribution >= 0.6 is 0 Å². The van der Waals surface area contributed by atoms with Gasteiger partial charge in [-0.3, -0.25) is 4.79 Å². The van der Waals surface area contributed by atoms with Gasteiger partial charge in [-0.25, -0.2) is 9.67 Å². The molecule has 0 radical (unpaired) electrons. The van der Waals surface area contributed by atoms with Gasteiger partial charge in [0.1, 0.15) is 0 Å². The number of carbonyl (C=O) groups is 1. The molecule has 0 aliphatic rings. The number of pyridine rings is 1. The van der Waals surface area contributed by atoms with Gasteiger partial charge in [-0.15, -0.1) is 0 Å². The van der Waals surface area contributed by atoms with E-state index in [0.29, 0.717) is 11.4 Å². The van der Waals surface area contributed by atoms with Crippen LogP contribution in [0.15, 0.2) is 42.6 Å². The maximum atomic E-state index is 12.4. The Morgan fingerprint density at radius 2 is 1.87 bits per heavy atom. The van der Waals surface area contributed by atoms with Crippen molar-refractivity contribution in [2.24, 2.45) is 0 Å². The van der Waals surface area contributed by atoms with Gasteiger partial charge in [0.05, 0.1) is 23.0 Å². The molecule has 2 aromatic heterocycles. The molecule has 3 rings (SSSR count). The Hall–Kier alpha value is -2.69. The number of benzene rings is 1. The van der Waals surface area contributed by atoms with Gasteiger partial charge >= 0.3 is 0 Å². The minimum absolute atomic E-state index is 0.123. The molecule has 0 saturated heterocycles. The predicted molar refractivity (Wildman–Crippen MR) is 90.8 cm³/mol. The lowest BCUT2D eigenvalue weighted by molar-refractivity contribution is 0.0919. The maximum absolute atomic E-state index is 12.4. The molecule has 0 fully saturated rings. The Morgan fingerprint density at radius 1 is 1.13 bits per heavy atom. The van der Waals surface area contributed by atoms with Gasteiger partial charge in [0.2, 0.25) is 0 Å². The smallest absolute Gasteiger partial charge is 0.255 e. The maximum Gasteiger partial charge on any atom is 0.255 e. The normalized spacial score (nSPS) is 11.7. The van der Waals surface area contributed by atoms with E-state index in [1.54, 1.807) is 10.9 Å². The third kappa shape index (κ3) is 3.08. The van der Waals surface area contributed by atoms with Gasteiger partial charge in [0.15, 0.2) is 5.82 Å². The average Bonchev–Trinajstić information content (AvgIpc) is 2.87. The summed E-state index contributed by atoms with van der Waals surface area (Å²) in [5.41, 5.74) is 1.96. The molecule has 0 saturated carbocycles. The van der Waals surface area contributed by atoms with E-state index in [9.17, 15) is 4.79 Å². The summed E-state index contributed by atoms with van der Waals surface area (Å²) in [6.07, 6.45) is 1.59. The lowest BCUT2D eigenvalue weighted by atomic mass is 10.1. The number of amides is 1. The Morgan fingerprint density at radius 3 is 2.61 bits per heavy atom. The SMILES string of the molecule is Cc1c(C(=O)NC(C)(C)C)cnn1-c1ccc2ccccc2n1. The number of hydrogen-bond donors (Lipinski definition) is 1. The summed E-state index contributed by atoms with van der Waals surface area (Å²) in [6.45, 7) is 7.74. The monoisotopic (exact) mass is 308 g/mol. The van der Waals surface area contributed by atoms with Crippen molar-refractivity contribution in [3.8, 4) is 5.82 Å². The fourth-order valence-corrected chi connectivity index (χ4v) is 2.44. The minimum Gasteiger partial charge on any atom is -0.347 e. The molecule has 5 heteroatoms. The van der Waals surface area contributed by atoms with E-state index in [1.807, 2.05) is 64.1 Å². The van der Waals surface area contributed by atoms with Crippen LogP contribution in [0.25, 0.3) is 16.7 Å². The standard InChI is InChI=1S/C18H20N4O/c1-12-14(17(23)21-18(2,3)4)11-19-22(12)16-10-9-13-7-5-6-8-15(13)20-16/h5-11H,1-4H3,(H,21,23). The molecular weight excluding hydrogens is 288 g/mol. The molecule has 0 atom stereocenters. The summed E-state index contributed by atoms with van der Waals surface area (Å²) in [5.74, 6) is 0.582. The molecule has 5 nitrogen and oxygen atoms in total. The number of rotatable bonds is 2. The lowest BCUT2D eigenvalue weighted by Crippen LogP contribution is -2.40. The van der Waals surface area contributed by atoms with E-state index in [2.05, 4.69) is 15.4 Å². The quantitative estimate of drug-likeness (QED) is 0.790. The molecular formula is C18H20N4O. The summed E-state index contributed by atoms with van der Waals surface area (Å²) in [5, 5.41) is 8.37. The van der Waals surface area contributed by atoms with Crippen molar-refractivity contribution in [3.63, 3.8) is 0 Å². The first kappa shape index (κ1) is 15.2. The van der Waals surface area contributed by atoms with Crippen LogP contribution in [0.4, 0.5) is 0 Å². The van der Waals surface area contributed by atoms with Crippen LogP contribution in [0.2, 0.25) is 0 Å². The summed E-state index contributed by atoms with van der Waals surface area (Å²) in [4.78, 5) is 17.0. The number of hydrogen-bond acceptors (Lipinski definition) is 3. The topological polar surface area (TPSA) is 59.8 Å². The third-order valence-electron chi connectivity index (χ3n) is 3.54. The Bertz CT molecular complexity index is 874. The van der Waals surface area contributed by atoms with Crippen molar-refractivity contribution in [1.29, 1.82) is 0 Å². The van der Waals surface area contributed by atoms with E-state index in [1.165, 1.54) is 0 Å². The second kappa shape index (κ2) is 5.50. The fourth-order valence-electron chi connectivity index (χ4n) is 2.44. The minimum atomic E-state index is -0.285. The first-order chi connectivity index (χ1) is 10.8. The summed E-state index contributed by atoms with van der Waals surface area (Å²) >= 11 is 0. The van der Waals surface area contributed by atoms with E-state index >= 15 is 0 Å². The first-order valence-electron chi connectivity index (χ1n) is 7.58. The second-order valence-electron chi connectivity index (χ2n) is 6.62. The molecule has 0 aliphatic heterocycles. The van der Waals surface area contributed by atoms with Crippen LogP contribution < -0.4 is 5.32 Å². The van der Waals surface area contributed by atoms with Crippen molar-refractivity contribution >= 4 is 16.8 Å². The summed E-state index contributed by atoms with van der Waals surface area (Å²) < 4.78 is 1.70.